The van der Waals surface area contributed by atoms with Crippen LogP contribution in [0.25, 0.3) is 31.8 Å². The molecule has 0 bridgehead atoms. The summed E-state index contributed by atoms with van der Waals surface area (Å²) in [6.45, 7) is 3.52. The topological polar surface area (TPSA) is 129 Å². The Morgan fingerprint density at radius 1 is 1.12 bits per heavy atom. The summed E-state index contributed by atoms with van der Waals surface area (Å²) in [6.07, 6.45) is 2.14. The first kappa shape index (κ1) is 27.2. The SMILES string of the molecule is COc1cnc2c(-c3nc4cc(F)c(OC(C)COC(=O)Nc5ccc(CCO)nc5)cc4s3)cc(C)cc2n1. The number of halogens is 1. The highest BCUT2D eigenvalue weighted by Gasteiger charge is 2.17. The lowest BCUT2D eigenvalue weighted by Crippen LogP contribution is -2.24. The van der Waals surface area contributed by atoms with Crippen molar-refractivity contribution in [2.24, 2.45) is 0 Å². The number of methoxy groups -OCH3 is 1. The highest BCUT2D eigenvalue weighted by atomic mass is 32.1. The predicted molar refractivity (Wildman–Crippen MR) is 149 cm³/mol. The number of rotatable bonds is 9. The van der Waals surface area contributed by atoms with Crippen LogP contribution < -0.4 is 14.8 Å². The number of ether oxygens (including phenoxy) is 3. The molecule has 206 valence electrons. The number of aliphatic hydroxyl groups is 1. The number of aromatic nitrogens is 4. The third-order valence-electron chi connectivity index (χ3n) is 5.87. The van der Waals surface area contributed by atoms with Gasteiger partial charge in [0.15, 0.2) is 11.6 Å². The maximum absolute atomic E-state index is 14.9. The summed E-state index contributed by atoms with van der Waals surface area (Å²) in [7, 11) is 1.54. The van der Waals surface area contributed by atoms with Gasteiger partial charge >= 0.3 is 6.09 Å². The number of aliphatic hydroxyl groups excluding tert-OH is 1. The molecule has 0 saturated carbocycles. The number of anilines is 1. The summed E-state index contributed by atoms with van der Waals surface area (Å²) >= 11 is 1.39. The lowest BCUT2D eigenvalue weighted by atomic mass is 10.1. The van der Waals surface area contributed by atoms with Crippen molar-refractivity contribution in [2.45, 2.75) is 26.4 Å². The van der Waals surface area contributed by atoms with Crippen molar-refractivity contribution in [1.29, 1.82) is 0 Å². The molecule has 0 radical (unpaired) electrons. The Hall–Kier alpha value is -4.42. The molecule has 5 rings (SSSR count). The van der Waals surface area contributed by atoms with Gasteiger partial charge in [0.05, 0.1) is 46.4 Å². The fourth-order valence-electron chi connectivity index (χ4n) is 4.00. The molecular weight excluding hydrogens is 537 g/mol. The average Bonchev–Trinajstić information content (AvgIpc) is 3.35. The zero-order valence-corrected chi connectivity index (χ0v) is 22.8. The molecule has 0 aliphatic heterocycles. The van der Waals surface area contributed by atoms with E-state index in [1.165, 1.54) is 30.7 Å². The number of hydrogen-bond acceptors (Lipinski definition) is 10. The van der Waals surface area contributed by atoms with Crippen LogP contribution in [0.1, 0.15) is 18.2 Å². The Morgan fingerprint density at radius 2 is 1.98 bits per heavy atom. The van der Waals surface area contributed by atoms with Crippen LogP contribution in [0, 0.1) is 12.7 Å². The van der Waals surface area contributed by atoms with Crippen LogP contribution in [0.3, 0.4) is 0 Å². The van der Waals surface area contributed by atoms with Gasteiger partial charge in [-0.05, 0) is 43.7 Å². The van der Waals surface area contributed by atoms with Crippen molar-refractivity contribution in [3.8, 4) is 22.2 Å². The van der Waals surface area contributed by atoms with Crippen molar-refractivity contribution in [3.63, 3.8) is 0 Å². The summed E-state index contributed by atoms with van der Waals surface area (Å²) in [6, 6.07) is 10.2. The van der Waals surface area contributed by atoms with Crippen LogP contribution in [0.15, 0.2) is 48.8 Å². The quantitative estimate of drug-likeness (QED) is 0.245. The minimum Gasteiger partial charge on any atom is -0.484 e. The third kappa shape index (κ3) is 6.08. The Morgan fingerprint density at radius 3 is 2.73 bits per heavy atom. The molecule has 3 heterocycles. The number of thiazole rings is 1. The molecule has 2 aromatic carbocycles. The maximum atomic E-state index is 14.9. The highest BCUT2D eigenvalue weighted by molar-refractivity contribution is 7.21. The molecule has 0 spiro atoms. The van der Waals surface area contributed by atoms with E-state index >= 15 is 0 Å². The fraction of sp³-hybridized carbons (Fsp3) is 0.250. The number of pyridine rings is 1. The van der Waals surface area contributed by atoms with Crippen molar-refractivity contribution in [2.75, 3.05) is 25.6 Å². The maximum Gasteiger partial charge on any atom is 0.411 e. The monoisotopic (exact) mass is 563 g/mol. The molecule has 0 saturated heterocycles. The molecule has 3 aromatic heterocycles. The number of carbonyl (C=O) groups excluding carboxylic acids is 1. The molecule has 0 fully saturated rings. The molecule has 1 amide bonds. The van der Waals surface area contributed by atoms with Crippen LogP contribution in [0.4, 0.5) is 14.9 Å². The van der Waals surface area contributed by atoms with Crippen LogP contribution >= 0.6 is 11.3 Å². The Balaban J connectivity index is 1.28. The number of amides is 1. The van der Waals surface area contributed by atoms with Crippen molar-refractivity contribution in [1.82, 2.24) is 19.9 Å². The number of fused-ring (bicyclic) bond motifs is 2. The largest absolute Gasteiger partial charge is 0.484 e. The van der Waals surface area contributed by atoms with Gasteiger partial charge in [0.1, 0.15) is 17.7 Å². The van der Waals surface area contributed by atoms with E-state index in [0.29, 0.717) is 45.2 Å². The summed E-state index contributed by atoms with van der Waals surface area (Å²) in [5.74, 6) is -0.132. The summed E-state index contributed by atoms with van der Waals surface area (Å²) in [4.78, 5) is 29.9. The number of aryl methyl sites for hydroxylation is 1. The molecule has 5 aromatic rings. The molecule has 2 N–H and O–H groups in total. The second-order valence-corrected chi connectivity index (χ2v) is 10.1. The smallest absolute Gasteiger partial charge is 0.411 e. The average molecular weight is 564 g/mol. The first-order chi connectivity index (χ1) is 19.3. The van der Waals surface area contributed by atoms with Gasteiger partial charge in [-0.3, -0.25) is 10.3 Å². The molecule has 0 aliphatic rings. The van der Waals surface area contributed by atoms with Crippen LogP contribution in [-0.2, 0) is 11.2 Å². The molecule has 1 unspecified atom stereocenters. The number of hydrogen-bond donors (Lipinski definition) is 2. The van der Waals surface area contributed by atoms with Gasteiger partial charge in [0.2, 0.25) is 5.88 Å². The molecule has 10 nitrogen and oxygen atoms in total. The fourth-order valence-corrected chi connectivity index (χ4v) is 5.00. The standard InChI is InChI=1S/C28H26FN5O5S/c1-15-8-19(26-22(9-15)33-25(37-3)13-31-26)27-34-21-10-20(29)23(11-24(21)40-27)39-16(2)14-38-28(36)32-18-5-4-17(6-7-35)30-12-18/h4-5,8-13,16,35H,6-7,14H2,1-3H3,(H,32,36). The van der Waals surface area contributed by atoms with Crippen molar-refractivity contribution >= 4 is 44.4 Å². The number of nitrogens with one attached hydrogen (secondary N) is 1. The molecule has 40 heavy (non-hydrogen) atoms. The summed E-state index contributed by atoms with van der Waals surface area (Å²) < 4.78 is 31.8. The van der Waals surface area contributed by atoms with Gasteiger partial charge in [-0.1, -0.05) is 0 Å². The third-order valence-corrected chi connectivity index (χ3v) is 6.92. The van der Waals surface area contributed by atoms with E-state index < -0.39 is 18.0 Å². The normalized spacial score (nSPS) is 11.9. The van der Waals surface area contributed by atoms with E-state index in [0.717, 1.165) is 15.8 Å². The number of carbonyl (C=O) groups is 1. The van der Waals surface area contributed by atoms with Crippen LogP contribution in [0.2, 0.25) is 0 Å². The molecule has 12 heteroatoms. The van der Waals surface area contributed by atoms with Gasteiger partial charge in [-0.25, -0.2) is 24.1 Å². The zero-order valence-electron chi connectivity index (χ0n) is 22.0. The number of benzene rings is 2. The van der Waals surface area contributed by atoms with Crippen LogP contribution in [0.5, 0.6) is 11.6 Å². The minimum atomic E-state index is -0.693. The second-order valence-electron chi connectivity index (χ2n) is 9.03. The molecular formula is C28H26FN5O5S. The van der Waals surface area contributed by atoms with E-state index in [1.54, 1.807) is 31.3 Å². The first-order valence-electron chi connectivity index (χ1n) is 12.4. The van der Waals surface area contributed by atoms with E-state index in [4.69, 9.17) is 19.3 Å². The van der Waals surface area contributed by atoms with Crippen LogP contribution in [-0.4, -0.2) is 57.6 Å². The zero-order chi connectivity index (χ0) is 28.2. The van der Waals surface area contributed by atoms with Gasteiger partial charge in [-0.15, -0.1) is 11.3 Å². The van der Waals surface area contributed by atoms with Crippen molar-refractivity contribution < 1.29 is 28.5 Å². The predicted octanol–water partition coefficient (Wildman–Crippen LogP) is 5.31. The van der Waals surface area contributed by atoms with E-state index in [9.17, 15) is 9.18 Å². The lowest BCUT2D eigenvalue weighted by Gasteiger charge is -2.15. The summed E-state index contributed by atoms with van der Waals surface area (Å²) in [5.41, 5.74) is 4.76. The molecule has 0 aliphatic carbocycles. The summed E-state index contributed by atoms with van der Waals surface area (Å²) in [5, 5.41) is 12.2. The number of nitrogens with zero attached hydrogens (tertiary/aromatic N) is 4. The highest BCUT2D eigenvalue weighted by Crippen LogP contribution is 2.37. The van der Waals surface area contributed by atoms with Gasteiger partial charge in [0, 0.05) is 36.4 Å². The minimum absolute atomic E-state index is 0.00744. The first-order valence-corrected chi connectivity index (χ1v) is 13.2. The Kier molecular flexibility index (Phi) is 7.99. The van der Waals surface area contributed by atoms with E-state index in [1.807, 2.05) is 19.1 Å². The second kappa shape index (κ2) is 11.8. The van der Waals surface area contributed by atoms with Crippen molar-refractivity contribution in [3.05, 3.63) is 65.9 Å². The van der Waals surface area contributed by atoms with E-state index in [2.05, 4.69) is 25.3 Å². The van der Waals surface area contributed by atoms with E-state index in [-0.39, 0.29) is 19.0 Å². The van der Waals surface area contributed by atoms with Gasteiger partial charge in [0.25, 0.3) is 0 Å². The lowest BCUT2D eigenvalue weighted by molar-refractivity contribution is 0.0969. The van der Waals surface area contributed by atoms with Gasteiger partial charge in [-0.2, -0.15) is 0 Å². The Bertz CT molecular complexity index is 1680. The Labute approximate surface area is 232 Å². The van der Waals surface area contributed by atoms with Gasteiger partial charge < -0.3 is 19.3 Å². The molecule has 1 atom stereocenters.